The van der Waals surface area contributed by atoms with Crippen molar-refractivity contribution in [2.45, 2.75) is 24.5 Å². The summed E-state index contributed by atoms with van der Waals surface area (Å²) in [6.07, 6.45) is 1.06. The molecule has 2 aliphatic rings. The lowest BCUT2D eigenvalue weighted by molar-refractivity contribution is -0.164. The molecule has 13 heteroatoms. The van der Waals surface area contributed by atoms with Crippen LogP contribution in [-0.4, -0.2) is 62.6 Å². The molecule has 13 nitrogen and oxygen atoms in total. The Hall–Kier alpha value is -4.10. The first-order valence-electron chi connectivity index (χ1n) is 9.27. The fourth-order valence-electron chi connectivity index (χ4n) is 3.21. The van der Waals surface area contributed by atoms with Gasteiger partial charge in [-0.3, -0.25) is 20.2 Å². The predicted octanol–water partition coefficient (Wildman–Crippen LogP) is -0.413. The van der Waals surface area contributed by atoms with Gasteiger partial charge < -0.3 is 18.9 Å². The molecule has 166 valence electrons. The molecule has 0 radical (unpaired) electrons. The quantitative estimate of drug-likeness (QED) is 0.348. The molecule has 32 heavy (non-hydrogen) atoms. The van der Waals surface area contributed by atoms with Gasteiger partial charge in [-0.1, -0.05) is 0 Å². The van der Waals surface area contributed by atoms with Crippen LogP contribution in [0.4, 0.5) is 5.82 Å². The number of aromatic nitrogens is 3. The first kappa shape index (κ1) is 21.1. The van der Waals surface area contributed by atoms with E-state index in [4.69, 9.17) is 24.2 Å². The molecule has 2 aromatic rings. The number of hydrogen-bond donors (Lipinski definition) is 2. The SMILES string of the molecule is O=C1/C=C\C(=O)O[C@H]2[C@@H](O1)[C@H](n1ccc(NO)nc1=O)O[C@@H]2COC(=O)c1cccnc1. The number of nitrogens with zero attached hydrogens (tertiary/aromatic N) is 3. The smallest absolute Gasteiger partial charge is 0.351 e. The fraction of sp³-hybridized carbons (Fsp3) is 0.263. The summed E-state index contributed by atoms with van der Waals surface area (Å²) in [6, 6.07) is 4.33. The Morgan fingerprint density at radius 2 is 1.91 bits per heavy atom. The number of carbonyl (C=O) groups excluding carboxylic acids is 3. The summed E-state index contributed by atoms with van der Waals surface area (Å²) >= 11 is 0. The van der Waals surface area contributed by atoms with E-state index in [2.05, 4.69) is 9.97 Å². The zero-order valence-electron chi connectivity index (χ0n) is 16.2. The molecule has 4 heterocycles. The standard InChI is InChI=1S/C19H16N4O9/c24-13-3-4-14(25)32-16-15(31-13)11(9-29-18(26)10-2-1-6-20-8-10)30-17(16)23-7-5-12(22-28)21-19(23)27/h1-8,11,15-17,28H,9H2,(H,21,22,27)/b4-3-/t11-,15-,16-,17-/m1/s1. The van der Waals surface area contributed by atoms with E-state index in [1.165, 1.54) is 30.7 Å². The number of pyridine rings is 1. The highest BCUT2D eigenvalue weighted by molar-refractivity contribution is 5.92. The van der Waals surface area contributed by atoms with Crippen LogP contribution in [0.1, 0.15) is 16.6 Å². The molecule has 4 atom stereocenters. The monoisotopic (exact) mass is 444 g/mol. The van der Waals surface area contributed by atoms with Crippen molar-refractivity contribution in [2.24, 2.45) is 0 Å². The highest BCUT2D eigenvalue weighted by atomic mass is 16.7. The van der Waals surface area contributed by atoms with Gasteiger partial charge in [0.25, 0.3) is 0 Å². The summed E-state index contributed by atoms with van der Waals surface area (Å²) in [4.78, 5) is 56.1. The predicted molar refractivity (Wildman–Crippen MR) is 101 cm³/mol. The van der Waals surface area contributed by atoms with Gasteiger partial charge in [0.2, 0.25) is 0 Å². The normalized spacial score (nSPS) is 25.5. The van der Waals surface area contributed by atoms with Gasteiger partial charge in [0.1, 0.15) is 12.7 Å². The molecule has 0 saturated carbocycles. The van der Waals surface area contributed by atoms with Gasteiger partial charge in [-0.15, -0.1) is 0 Å². The van der Waals surface area contributed by atoms with Gasteiger partial charge >= 0.3 is 23.6 Å². The first-order chi connectivity index (χ1) is 15.5. The number of carbonyl (C=O) groups is 3. The van der Waals surface area contributed by atoms with E-state index in [1.54, 1.807) is 11.5 Å². The summed E-state index contributed by atoms with van der Waals surface area (Å²) in [5.74, 6) is -2.51. The molecule has 0 aliphatic carbocycles. The fourth-order valence-corrected chi connectivity index (χ4v) is 3.21. The molecule has 2 N–H and O–H groups in total. The first-order valence-corrected chi connectivity index (χ1v) is 9.27. The summed E-state index contributed by atoms with van der Waals surface area (Å²) in [5.41, 5.74) is 1.08. The van der Waals surface area contributed by atoms with Crippen LogP contribution in [0.5, 0.6) is 0 Å². The molecule has 1 saturated heterocycles. The van der Waals surface area contributed by atoms with Crippen molar-refractivity contribution in [3.63, 3.8) is 0 Å². The van der Waals surface area contributed by atoms with Gasteiger partial charge in [-0.2, -0.15) is 4.98 Å². The highest BCUT2D eigenvalue weighted by Gasteiger charge is 2.51. The molecule has 0 spiro atoms. The number of ether oxygens (including phenoxy) is 4. The maximum absolute atomic E-state index is 12.4. The van der Waals surface area contributed by atoms with Crippen LogP contribution in [0.2, 0.25) is 0 Å². The molecule has 0 unspecified atom stereocenters. The second-order valence-electron chi connectivity index (χ2n) is 6.66. The van der Waals surface area contributed by atoms with E-state index in [1.807, 2.05) is 0 Å². The van der Waals surface area contributed by atoms with E-state index >= 15 is 0 Å². The van der Waals surface area contributed by atoms with Crippen LogP contribution < -0.4 is 11.2 Å². The Kier molecular flexibility index (Phi) is 5.91. The molecule has 1 fully saturated rings. The van der Waals surface area contributed by atoms with E-state index < -0.39 is 48.1 Å². The lowest BCUT2D eigenvalue weighted by atomic mass is 10.1. The lowest BCUT2D eigenvalue weighted by Crippen LogP contribution is -2.43. The zero-order valence-corrected chi connectivity index (χ0v) is 16.2. The molecule has 0 aromatic carbocycles. The number of nitrogens with one attached hydrogen (secondary N) is 1. The number of hydrogen-bond acceptors (Lipinski definition) is 12. The Morgan fingerprint density at radius 3 is 2.56 bits per heavy atom. The Labute approximate surface area is 179 Å². The molecule has 2 aliphatic heterocycles. The summed E-state index contributed by atoms with van der Waals surface area (Å²) in [5, 5.41) is 8.92. The number of esters is 3. The van der Waals surface area contributed by atoms with Crippen molar-refractivity contribution in [1.29, 1.82) is 0 Å². The second-order valence-corrected chi connectivity index (χ2v) is 6.66. The van der Waals surface area contributed by atoms with Crippen molar-refractivity contribution >= 4 is 23.7 Å². The zero-order chi connectivity index (χ0) is 22.7. The Balaban J connectivity index is 1.61. The van der Waals surface area contributed by atoms with E-state index in [0.717, 1.165) is 16.7 Å². The number of fused-ring (bicyclic) bond motifs is 1. The second kappa shape index (κ2) is 8.95. The van der Waals surface area contributed by atoms with Crippen molar-refractivity contribution in [3.8, 4) is 0 Å². The van der Waals surface area contributed by atoms with Gasteiger partial charge in [-0.25, -0.2) is 19.2 Å². The van der Waals surface area contributed by atoms with Crippen LogP contribution in [0.3, 0.4) is 0 Å². The van der Waals surface area contributed by atoms with Crippen molar-refractivity contribution in [3.05, 3.63) is 65.0 Å². The molecule has 2 aromatic heterocycles. The van der Waals surface area contributed by atoms with E-state index in [9.17, 15) is 19.2 Å². The average Bonchev–Trinajstić information content (AvgIpc) is 3.11. The summed E-state index contributed by atoms with van der Waals surface area (Å²) in [7, 11) is 0. The van der Waals surface area contributed by atoms with Crippen molar-refractivity contribution in [2.75, 3.05) is 12.1 Å². The van der Waals surface area contributed by atoms with Crippen molar-refractivity contribution in [1.82, 2.24) is 14.5 Å². The third kappa shape index (κ3) is 4.33. The minimum atomic E-state index is -1.25. The van der Waals surface area contributed by atoms with Crippen LogP contribution >= 0.6 is 0 Å². The van der Waals surface area contributed by atoms with Gasteiger partial charge in [0.15, 0.2) is 24.3 Å². The van der Waals surface area contributed by atoms with Gasteiger partial charge in [0, 0.05) is 30.7 Å². The minimum Gasteiger partial charge on any atom is -0.459 e. The van der Waals surface area contributed by atoms with Crippen LogP contribution in [-0.2, 0) is 28.5 Å². The summed E-state index contributed by atoms with van der Waals surface area (Å²) in [6.45, 7) is -0.377. The molecule has 0 bridgehead atoms. The van der Waals surface area contributed by atoms with E-state index in [-0.39, 0.29) is 18.0 Å². The van der Waals surface area contributed by atoms with Gasteiger partial charge in [-0.05, 0) is 18.2 Å². The molecule has 0 amide bonds. The highest BCUT2D eigenvalue weighted by Crippen LogP contribution is 2.34. The Bertz CT molecular complexity index is 1120. The average molecular weight is 444 g/mol. The largest absolute Gasteiger partial charge is 0.459 e. The minimum absolute atomic E-state index is 0.119. The van der Waals surface area contributed by atoms with Crippen LogP contribution in [0.25, 0.3) is 0 Å². The third-order valence-electron chi connectivity index (χ3n) is 4.64. The molecular weight excluding hydrogens is 428 g/mol. The lowest BCUT2D eigenvalue weighted by Gasteiger charge is -2.25. The summed E-state index contributed by atoms with van der Waals surface area (Å²) < 4.78 is 22.7. The maximum Gasteiger partial charge on any atom is 0.351 e. The van der Waals surface area contributed by atoms with Crippen LogP contribution in [0.15, 0.2) is 53.7 Å². The van der Waals surface area contributed by atoms with E-state index in [0.29, 0.717) is 0 Å². The Morgan fingerprint density at radius 1 is 1.16 bits per heavy atom. The van der Waals surface area contributed by atoms with Gasteiger partial charge in [0.05, 0.1) is 5.56 Å². The molecular formula is C19H16N4O9. The van der Waals surface area contributed by atoms with Crippen LogP contribution in [0, 0.1) is 0 Å². The topological polar surface area (TPSA) is 168 Å². The number of anilines is 1. The molecule has 4 rings (SSSR count). The maximum atomic E-state index is 12.4. The number of rotatable bonds is 5. The third-order valence-corrected chi connectivity index (χ3v) is 4.64. The van der Waals surface area contributed by atoms with Crippen molar-refractivity contribution < 1.29 is 38.5 Å².